The molecule has 0 heterocycles. The van der Waals surface area contributed by atoms with Crippen LogP contribution in [-0.4, -0.2) is 31.1 Å². The highest BCUT2D eigenvalue weighted by Crippen LogP contribution is 2.43. The van der Waals surface area contributed by atoms with Crippen molar-refractivity contribution in [3.8, 4) is 0 Å². The van der Waals surface area contributed by atoms with E-state index < -0.39 is 9.84 Å². The largest absolute Gasteiger partial charge is 0.396 e. The number of aliphatic hydroxyl groups excluding tert-OH is 1. The maximum absolute atomic E-state index is 12.0. The molecule has 3 nitrogen and oxygen atoms in total. The van der Waals surface area contributed by atoms with E-state index in [4.69, 9.17) is 0 Å². The van der Waals surface area contributed by atoms with E-state index in [9.17, 15) is 13.5 Å². The van der Waals surface area contributed by atoms with Crippen LogP contribution < -0.4 is 0 Å². The molecule has 0 radical (unpaired) electrons. The number of aliphatic hydroxyl groups is 1. The monoisotopic (exact) mass is 304 g/mol. The number of rotatable bonds is 8. The molecule has 0 bridgehead atoms. The van der Waals surface area contributed by atoms with E-state index in [-0.39, 0.29) is 23.0 Å². The minimum absolute atomic E-state index is 0.134. The van der Waals surface area contributed by atoms with Crippen LogP contribution in [0.3, 0.4) is 0 Å². The predicted molar refractivity (Wildman–Crippen MR) is 84.5 cm³/mol. The summed E-state index contributed by atoms with van der Waals surface area (Å²) in [5.74, 6) is 1.02. The summed E-state index contributed by atoms with van der Waals surface area (Å²) in [5, 5.41) is 9.44. The van der Waals surface area contributed by atoms with Gasteiger partial charge in [-0.2, -0.15) is 0 Å². The molecule has 1 rings (SSSR count). The molecule has 0 unspecified atom stereocenters. The molecule has 0 aromatic rings. The normalized spacial score (nSPS) is 27.9. The van der Waals surface area contributed by atoms with E-state index in [1.165, 1.54) is 19.3 Å². The van der Waals surface area contributed by atoms with Crippen molar-refractivity contribution in [3.63, 3.8) is 0 Å². The van der Waals surface area contributed by atoms with Crippen LogP contribution in [0.2, 0.25) is 0 Å². The average Bonchev–Trinajstić information content (AvgIpc) is 2.44. The van der Waals surface area contributed by atoms with Gasteiger partial charge in [0.25, 0.3) is 0 Å². The molecule has 0 saturated heterocycles. The molecule has 0 spiro atoms. The van der Waals surface area contributed by atoms with Gasteiger partial charge in [-0.25, -0.2) is 8.42 Å². The van der Waals surface area contributed by atoms with Gasteiger partial charge in [0.2, 0.25) is 0 Å². The summed E-state index contributed by atoms with van der Waals surface area (Å²) < 4.78 is 23.9. The van der Waals surface area contributed by atoms with Gasteiger partial charge in [0, 0.05) is 6.61 Å². The zero-order chi connectivity index (χ0) is 15.2. The Balaban J connectivity index is 2.50. The molecule has 0 aliphatic heterocycles. The Morgan fingerprint density at radius 1 is 1.25 bits per heavy atom. The zero-order valence-corrected chi connectivity index (χ0v) is 14.2. The fraction of sp³-hybridized carbons (Fsp3) is 1.00. The predicted octanol–water partition coefficient (Wildman–Crippen LogP) is 3.56. The van der Waals surface area contributed by atoms with E-state index in [0.29, 0.717) is 6.42 Å². The Kier molecular flexibility index (Phi) is 6.99. The Morgan fingerprint density at radius 2 is 1.85 bits per heavy atom. The molecule has 4 heteroatoms. The van der Waals surface area contributed by atoms with Crippen LogP contribution in [0.5, 0.6) is 0 Å². The summed E-state index contributed by atoms with van der Waals surface area (Å²) >= 11 is 0. The van der Waals surface area contributed by atoms with E-state index in [2.05, 4.69) is 6.92 Å². The highest BCUT2D eigenvalue weighted by Gasteiger charge is 2.35. The minimum atomic E-state index is -2.98. The molecule has 1 aliphatic rings. The summed E-state index contributed by atoms with van der Waals surface area (Å²) in [6.07, 6.45) is 8.75. The second kappa shape index (κ2) is 7.79. The molecule has 120 valence electrons. The molecular formula is C16H32O3S. The van der Waals surface area contributed by atoms with E-state index >= 15 is 0 Å². The summed E-state index contributed by atoms with van der Waals surface area (Å²) in [7, 11) is -2.98. The van der Waals surface area contributed by atoms with Gasteiger partial charge in [-0.1, -0.05) is 26.2 Å². The summed E-state index contributed by atoms with van der Waals surface area (Å²) in [6.45, 7) is 5.84. The van der Waals surface area contributed by atoms with E-state index in [0.717, 1.165) is 31.6 Å². The van der Waals surface area contributed by atoms with Crippen LogP contribution in [0.4, 0.5) is 0 Å². The standard InChI is InChI=1S/C16H32O3S/c1-4-5-6-15-7-9-16(13-17,10-8-15)11-12-20(18,19)14(2)3/h14-15,17H,4-13H2,1-3H3. The van der Waals surface area contributed by atoms with Crippen molar-refractivity contribution < 1.29 is 13.5 Å². The smallest absolute Gasteiger partial charge is 0.152 e. The number of hydrogen-bond acceptors (Lipinski definition) is 3. The van der Waals surface area contributed by atoms with Gasteiger partial charge in [-0.3, -0.25) is 0 Å². The van der Waals surface area contributed by atoms with Crippen molar-refractivity contribution in [2.24, 2.45) is 11.3 Å². The third kappa shape index (κ3) is 5.03. The molecule has 0 atom stereocenters. The van der Waals surface area contributed by atoms with Crippen molar-refractivity contribution in [2.75, 3.05) is 12.4 Å². The molecule has 20 heavy (non-hydrogen) atoms. The number of sulfone groups is 1. The molecule has 0 aromatic carbocycles. The van der Waals surface area contributed by atoms with Crippen LogP contribution in [0.15, 0.2) is 0 Å². The van der Waals surface area contributed by atoms with Gasteiger partial charge in [0.1, 0.15) is 0 Å². The van der Waals surface area contributed by atoms with Crippen LogP contribution in [0.1, 0.15) is 72.1 Å². The van der Waals surface area contributed by atoms with Gasteiger partial charge >= 0.3 is 0 Å². The molecule has 1 saturated carbocycles. The Bertz CT molecular complexity index is 365. The van der Waals surface area contributed by atoms with Crippen molar-refractivity contribution in [1.29, 1.82) is 0 Å². The Labute approximate surface area is 125 Å². The molecule has 0 aromatic heterocycles. The molecule has 1 N–H and O–H groups in total. The summed E-state index contributed by atoms with van der Waals surface area (Å²) in [5.41, 5.74) is -0.134. The highest BCUT2D eigenvalue weighted by atomic mass is 32.2. The van der Waals surface area contributed by atoms with E-state index in [1.54, 1.807) is 13.8 Å². The lowest BCUT2D eigenvalue weighted by Gasteiger charge is -2.39. The molecule has 1 fully saturated rings. The van der Waals surface area contributed by atoms with Crippen molar-refractivity contribution in [2.45, 2.75) is 77.4 Å². The van der Waals surface area contributed by atoms with Gasteiger partial charge < -0.3 is 5.11 Å². The lowest BCUT2D eigenvalue weighted by molar-refractivity contribution is 0.0591. The second-order valence-corrected chi connectivity index (χ2v) is 9.59. The average molecular weight is 304 g/mol. The topological polar surface area (TPSA) is 54.4 Å². The first-order valence-corrected chi connectivity index (χ1v) is 9.89. The minimum Gasteiger partial charge on any atom is -0.396 e. The van der Waals surface area contributed by atoms with Crippen LogP contribution in [0, 0.1) is 11.3 Å². The first-order chi connectivity index (χ1) is 9.35. The van der Waals surface area contributed by atoms with Crippen LogP contribution in [-0.2, 0) is 9.84 Å². The van der Waals surface area contributed by atoms with Crippen molar-refractivity contribution in [1.82, 2.24) is 0 Å². The number of hydrogen-bond donors (Lipinski definition) is 1. The zero-order valence-electron chi connectivity index (χ0n) is 13.4. The quantitative estimate of drug-likeness (QED) is 0.746. The van der Waals surface area contributed by atoms with Crippen LogP contribution >= 0.6 is 0 Å². The third-order valence-corrected chi connectivity index (χ3v) is 7.31. The molecule has 1 aliphatic carbocycles. The Hall–Kier alpha value is -0.0900. The lowest BCUT2D eigenvalue weighted by Crippen LogP contribution is -2.34. The van der Waals surface area contributed by atoms with E-state index in [1.807, 2.05) is 0 Å². The van der Waals surface area contributed by atoms with Gasteiger partial charge in [0.05, 0.1) is 11.0 Å². The third-order valence-electron chi connectivity index (χ3n) is 5.10. The fourth-order valence-electron chi connectivity index (χ4n) is 3.15. The number of unbranched alkanes of at least 4 members (excludes halogenated alkanes) is 1. The highest BCUT2D eigenvalue weighted by molar-refractivity contribution is 7.91. The van der Waals surface area contributed by atoms with Gasteiger partial charge in [-0.05, 0) is 57.3 Å². The van der Waals surface area contributed by atoms with Crippen LogP contribution in [0.25, 0.3) is 0 Å². The first-order valence-electron chi connectivity index (χ1n) is 8.17. The van der Waals surface area contributed by atoms with Crippen molar-refractivity contribution >= 4 is 9.84 Å². The lowest BCUT2D eigenvalue weighted by atomic mass is 9.68. The maximum atomic E-state index is 12.0. The summed E-state index contributed by atoms with van der Waals surface area (Å²) in [6, 6.07) is 0. The van der Waals surface area contributed by atoms with Gasteiger partial charge in [0.15, 0.2) is 9.84 Å². The SMILES string of the molecule is CCCCC1CCC(CO)(CCS(=O)(=O)C(C)C)CC1. The van der Waals surface area contributed by atoms with Crippen molar-refractivity contribution in [3.05, 3.63) is 0 Å². The molecule has 0 amide bonds. The fourth-order valence-corrected chi connectivity index (χ4v) is 4.34. The summed E-state index contributed by atoms with van der Waals surface area (Å²) in [4.78, 5) is 0. The maximum Gasteiger partial charge on any atom is 0.152 e. The second-order valence-electron chi connectivity index (χ2n) is 6.91. The Morgan fingerprint density at radius 3 is 2.30 bits per heavy atom. The first kappa shape index (κ1) is 18.0. The molecular weight excluding hydrogens is 272 g/mol. The van der Waals surface area contributed by atoms with Gasteiger partial charge in [-0.15, -0.1) is 0 Å².